The van der Waals surface area contributed by atoms with Gasteiger partial charge in [-0.3, -0.25) is 19.3 Å². The molecule has 1 fully saturated rings. The lowest BCUT2D eigenvalue weighted by Gasteiger charge is -2.26. The maximum atomic E-state index is 13.3. The van der Waals surface area contributed by atoms with Crippen LogP contribution in [0.5, 0.6) is 5.75 Å². The third-order valence-corrected chi connectivity index (χ3v) is 6.01. The summed E-state index contributed by atoms with van der Waals surface area (Å²) in [5.74, 6) is -1.76. The second-order valence-electron chi connectivity index (χ2n) is 7.87. The van der Waals surface area contributed by atoms with Crippen LogP contribution in [0.3, 0.4) is 0 Å². The molecule has 0 radical (unpaired) electrons. The molecule has 8 heteroatoms. The molecule has 1 atom stereocenters. The van der Waals surface area contributed by atoms with Gasteiger partial charge in [0.25, 0.3) is 11.7 Å². The van der Waals surface area contributed by atoms with E-state index in [4.69, 9.17) is 21.1 Å². The van der Waals surface area contributed by atoms with Crippen LogP contribution in [-0.4, -0.2) is 37.0 Å². The summed E-state index contributed by atoms with van der Waals surface area (Å²) in [5.41, 5.74) is 2.01. The molecule has 1 N–H and O–H groups in total. The van der Waals surface area contributed by atoms with Crippen LogP contribution in [0.2, 0.25) is 5.02 Å². The predicted molar refractivity (Wildman–Crippen MR) is 131 cm³/mol. The molecule has 35 heavy (non-hydrogen) atoms. The fourth-order valence-corrected chi connectivity index (χ4v) is 4.13. The van der Waals surface area contributed by atoms with Gasteiger partial charge >= 0.3 is 5.97 Å². The number of esters is 1. The maximum absolute atomic E-state index is 13.3. The number of anilines is 1. The lowest BCUT2D eigenvalue weighted by molar-refractivity contribution is -0.139. The van der Waals surface area contributed by atoms with E-state index in [9.17, 15) is 19.5 Å². The Hall–Kier alpha value is -4.10. The molecule has 1 aliphatic rings. The van der Waals surface area contributed by atoms with Crippen molar-refractivity contribution in [2.45, 2.75) is 12.5 Å². The van der Waals surface area contributed by atoms with Crippen LogP contribution in [0.15, 0.2) is 78.4 Å². The normalized spacial score (nSPS) is 16.9. The van der Waals surface area contributed by atoms with Gasteiger partial charge in [-0.05, 0) is 59.7 Å². The summed E-state index contributed by atoms with van der Waals surface area (Å²) in [6.45, 7) is 0. The fraction of sp³-hybridized carbons (Fsp3) is 0.148. The number of ether oxygens (including phenoxy) is 2. The zero-order valence-electron chi connectivity index (χ0n) is 19.0. The van der Waals surface area contributed by atoms with Crippen molar-refractivity contribution in [3.63, 3.8) is 0 Å². The number of methoxy groups -OCH3 is 2. The minimum absolute atomic E-state index is 0.0517. The first kappa shape index (κ1) is 24.0. The van der Waals surface area contributed by atoms with Gasteiger partial charge in [-0.15, -0.1) is 0 Å². The van der Waals surface area contributed by atoms with Crippen molar-refractivity contribution in [2.75, 3.05) is 19.1 Å². The largest absolute Gasteiger partial charge is 0.507 e. The van der Waals surface area contributed by atoms with Crippen molar-refractivity contribution in [2.24, 2.45) is 0 Å². The lowest BCUT2D eigenvalue weighted by Crippen LogP contribution is -2.29. The monoisotopic (exact) mass is 491 g/mol. The Bertz CT molecular complexity index is 1310. The van der Waals surface area contributed by atoms with E-state index in [0.29, 0.717) is 33.1 Å². The number of amides is 1. The average molecular weight is 492 g/mol. The van der Waals surface area contributed by atoms with Crippen molar-refractivity contribution >= 4 is 40.7 Å². The Morgan fingerprint density at radius 2 is 1.69 bits per heavy atom. The summed E-state index contributed by atoms with van der Waals surface area (Å²) in [6, 6.07) is 19.1. The summed E-state index contributed by atoms with van der Waals surface area (Å²) in [6.07, 6.45) is 0.0749. The van der Waals surface area contributed by atoms with E-state index >= 15 is 0 Å². The van der Waals surface area contributed by atoms with Crippen molar-refractivity contribution in [1.29, 1.82) is 0 Å². The third kappa shape index (κ3) is 4.76. The summed E-state index contributed by atoms with van der Waals surface area (Å²) >= 11 is 5.97. The second-order valence-corrected chi connectivity index (χ2v) is 8.31. The van der Waals surface area contributed by atoms with Gasteiger partial charge in [-0.2, -0.15) is 0 Å². The van der Waals surface area contributed by atoms with Gasteiger partial charge in [0.15, 0.2) is 0 Å². The average Bonchev–Trinajstić information content (AvgIpc) is 3.14. The number of hydrogen-bond donors (Lipinski definition) is 1. The van der Waals surface area contributed by atoms with E-state index < -0.39 is 23.7 Å². The second kappa shape index (κ2) is 10.0. The molecule has 178 valence electrons. The van der Waals surface area contributed by atoms with Crippen LogP contribution in [0, 0.1) is 0 Å². The number of Topliss-reactive ketones (excluding diaryl/α,β-unsaturated/α-hetero) is 1. The lowest BCUT2D eigenvalue weighted by atomic mass is 9.95. The Labute approximate surface area is 207 Å². The highest BCUT2D eigenvalue weighted by molar-refractivity contribution is 6.51. The summed E-state index contributed by atoms with van der Waals surface area (Å²) in [7, 11) is 2.83. The van der Waals surface area contributed by atoms with Gasteiger partial charge in [0.05, 0.1) is 32.3 Å². The van der Waals surface area contributed by atoms with Crippen molar-refractivity contribution in [1.82, 2.24) is 0 Å². The summed E-state index contributed by atoms with van der Waals surface area (Å²) in [4.78, 5) is 39.4. The molecule has 3 aromatic carbocycles. The Morgan fingerprint density at radius 3 is 2.31 bits per heavy atom. The zero-order chi connectivity index (χ0) is 25.1. The molecule has 0 spiro atoms. The number of carbonyl (C=O) groups is 3. The van der Waals surface area contributed by atoms with Crippen molar-refractivity contribution in [3.8, 4) is 5.75 Å². The quantitative estimate of drug-likeness (QED) is 0.233. The van der Waals surface area contributed by atoms with Crippen LogP contribution in [-0.2, 0) is 25.5 Å². The molecule has 1 aliphatic heterocycles. The minimum atomic E-state index is -0.910. The van der Waals surface area contributed by atoms with Gasteiger partial charge < -0.3 is 14.6 Å². The van der Waals surface area contributed by atoms with Gasteiger partial charge in [0, 0.05) is 16.3 Å². The first-order valence-electron chi connectivity index (χ1n) is 10.7. The number of nitrogens with zero attached hydrogens (tertiary/aromatic N) is 1. The van der Waals surface area contributed by atoms with Crippen LogP contribution in [0.25, 0.3) is 5.76 Å². The molecule has 0 aliphatic carbocycles. The number of aliphatic hydroxyl groups is 1. The molecular formula is C27H22ClNO6. The van der Waals surface area contributed by atoms with Gasteiger partial charge in [-0.25, -0.2) is 0 Å². The first-order valence-corrected chi connectivity index (χ1v) is 11.1. The maximum Gasteiger partial charge on any atom is 0.309 e. The van der Waals surface area contributed by atoms with Crippen molar-refractivity contribution < 1.29 is 29.0 Å². The van der Waals surface area contributed by atoms with Crippen molar-refractivity contribution in [3.05, 3.63) is 100 Å². The number of benzene rings is 3. The van der Waals surface area contributed by atoms with Crippen LogP contribution >= 0.6 is 11.6 Å². The summed E-state index contributed by atoms with van der Waals surface area (Å²) in [5, 5.41) is 11.6. The van der Waals surface area contributed by atoms with E-state index in [0.717, 1.165) is 0 Å². The third-order valence-electron chi connectivity index (χ3n) is 5.76. The highest BCUT2D eigenvalue weighted by Crippen LogP contribution is 2.43. The Kier molecular flexibility index (Phi) is 6.89. The topological polar surface area (TPSA) is 93.1 Å². The summed E-state index contributed by atoms with van der Waals surface area (Å²) < 4.78 is 10.0. The predicted octanol–water partition coefficient (Wildman–Crippen LogP) is 4.69. The van der Waals surface area contributed by atoms with Crippen LogP contribution < -0.4 is 9.64 Å². The smallest absolute Gasteiger partial charge is 0.309 e. The van der Waals surface area contributed by atoms with E-state index in [1.165, 1.54) is 19.1 Å². The number of aliphatic hydroxyl groups excluding tert-OH is 1. The van der Waals surface area contributed by atoms with Gasteiger partial charge in [0.2, 0.25) is 0 Å². The SMILES string of the molecule is COC(=O)Cc1ccc(N2C(=O)C(=O)/C(=C(\O)c3ccc(Cl)cc3)C2c2cccc(OC)c2)cc1. The molecule has 0 bridgehead atoms. The van der Waals surface area contributed by atoms with Gasteiger partial charge in [0.1, 0.15) is 11.5 Å². The fourth-order valence-electron chi connectivity index (χ4n) is 4.00. The molecule has 4 rings (SSSR count). The molecule has 0 saturated carbocycles. The molecule has 0 aromatic heterocycles. The van der Waals surface area contributed by atoms with E-state index in [2.05, 4.69) is 0 Å². The van der Waals surface area contributed by atoms with E-state index in [1.807, 2.05) is 0 Å². The van der Waals surface area contributed by atoms with E-state index in [1.54, 1.807) is 72.8 Å². The van der Waals surface area contributed by atoms with Crippen LogP contribution in [0.4, 0.5) is 5.69 Å². The number of hydrogen-bond acceptors (Lipinski definition) is 6. The highest BCUT2D eigenvalue weighted by atomic mass is 35.5. The minimum Gasteiger partial charge on any atom is -0.507 e. The Balaban J connectivity index is 1.86. The number of rotatable bonds is 6. The molecule has 1 amide bonds. The van der Waals surface area contributed by atoms with E-state index in [-0.39, 0.29) is 17.8 Å². The number of halogens is 1. The molecular weight excluding hydrogens is 470 g/mol. The Morgan fingerprint density at radius 1 is 1.00 bits per heavy atom. The molecule has 3 aromatic rings. The number of ketones is 1. The molecule has 1 unspecified atom stereocenters. The first-order chi connectivity index (χ1) is 16.8. The molecule has 1 saturated heterocycles. The number of carbonyl (C=O) groups excluding carboxylic acids is 3. The molecule has 1 heterocycles. The van der Waals surface area contributed by atoms with Gasteiger partial charge in [-0.1, -0.05) is 35.9 Å². The zero-order valence-corrected chi connectivity index (χ0v) is 19.8. The van der Waals surface area contributed by atoms with Crippen LogP contribution in [0.1, 0.15) is 22.7 Å². The highest BCUT2D eigenvalue weighted by Gasteiger charge is 2.47. The molecule has 7 nitrogen and oxygen atoms in total. The standard InChI is InChI=1S/C27H22ClNO6/c1-34-21-5-3-4-18(15-21)24-23(25(31)17-8-10-19(28)11-9-17)26(32)27(33)29(24)20-12-6-16(7-13-20)14-22(30)35-2/h3-13,15,24,31H,14H2,1-2H3/b25-23-.